The number of amides is 9. The molecule has 17 unspecified atom stereocenters. The summed E-state index contributed by atoms with van der Waals surface area (Å²) in [6.45, 7) is 1.42. The Morgan fingerprint density at radius 3 is 1.09 bits per heavy atom. The Bertz CT molecular complexity index is 2290. The highest BCUT2D eigenvalue weighted by Crippen LogP contribution is 2.25. The lowest BCUT2D eigenvalue weighted by Crippen LogP contribution is -2.64. The third kappa shape index (κ3) is 32.1. The van der Waals surface area contributed by atoms with Crippen LogP contribution in [0.25, 0.3) is 0 Å². The van der Waals surface area contributed by atoms with Crippen LogP contribution in [0.3, 0.4) is 0 Å². The molecule has 3 saturated heterocycles. The fraction of sp³-hybridized carbons (Fsp3) is 0.845. The van der Waals surface area contributed by atoms with E-state index in [-0.39, 0.29) is 124 Å². The van der Waals surface area contributed by atoms with Crippen molar-refractivity contribution >= 4 is 53.2 Å². The molecule has 3 heterocycles. The number of carbonyl (C=O) groups excluding carboxylic acids is 9. The maximum absolute atomic E-state index is 13.7. The Labute approximate surface area is 550 Å². The van der Waals surface area contributed by atoms with Gasteiger partial charge in [0.15, 0.2) is 18.9 Å². The normalized spacial score (nSPS) is 26.4. The molecule has 0 radical (unpaired) electrons. The van der Waals surface area contributed by atoms with E-state index in [1.165, 1.54) is 20.8 Å². The van der Waals surface area contributed by atoms with Crippen LogP contribution in [0.15, 0.2) is 0 Å². The Balaban J connectivity index is 1.63. The van der Waals surface area contributed by atoms with Gasteiger partial charge in [-0.1, -0.05) is 12.8 Å². The van der Waals surface area contributed by atoms with Crippen LogP contribution in [0.4, 0.5) is 0 Å². The van der Waals surface area contributed by atoms with Crippen molar-refractivity contribution < 1.29 is 136 Å². The van der Waals surface area contributed by atoms with Crippen molar-refractivity contribution in [3.05, 3.63) is 0 Å². The molecule has 9 amide bonds. The van der Waals surface area contributed by atoms with Crippen LogP contribution in [-0.2, 0) is 90.5 Å². The predicted molar refractivity (Wildman–Crippen MR) is 325 cm³/mol. The van der Waals surface area contributed by atoms with Crippen molar-refractivity contribution in [1.82, 2.24) is 47.9 Å². The first kappa shape index (κ1) is 83.7. The van der Waals surface area contributed by atoms with Crippen LogP contribution in [-0.4, -0.2) is 322 Å². The molecule has 3 fully saturated rings. The summed E-state index contributed by atoms with van der Waals surface area (Å²) in [5.41, 5.74) is 0. The number of methoxy groups -OCH3 is 1. The highest BCUT2D eigenvalue weighted by molar-refractivity contribution is 5.90. The SMILES string of the molecule is COCCCCCCNC(=O)CCCC(=O)NC(CCC(=O)NC(CCC(=O)NCCOCCOC1OC(CO)C(O)C(O)C1NC(C)=O)C(=O)NCCOCCOC1OC(CO)C(O)C(O)C1NC(C)=O)C(=O)NCCOCCOC1OC(CO)C(O)C(O)C1NC(C)=O. The number of carbonyl (C=O) groups is 9. The van der Waals surface area contributed by atoms with Gasteiger partial charge < -0.3 is 141 Å². The van der Waals surface area contributed by atoms with Gasteiger partial charge in [0.25, 0.3) is 0 Å². The smallest absolute Gasteiger partial charge is 0.242 e. The number of ether oxygens (including phenoxy) is 10. The largest absolute Gasteiger partial charge is 0.394 e. The van der Waals surface area contributed by atoms with Crippen molar-refractivity contribution in [2.75, 3.05) is 119 Å². The molecule has 17 atom stereocenters. The van der Waals surface area contributed by atoms with E-state index in [2.05, 4.69) is 47.9 Å². The topological polar surface area (TPSA) is 536 Å². The molecule has 0 aliphatic carbocycles. The summed E-state index contributed by atoms with van der Waals surface area (Å²) in [5, 5.41) is 114. The minimum atomic E-state index is -1.54. The monoisotopic (exact) mass is 1370 g/mol. The van der Waals surface area contributed by atoms with Gasteiger partial charge in [-0.3, -0.25) is 43.2 Å². The number of nitrogens with one attached hydrogen (secondary N) is 9. The van der Waals surface area contributed by atoms with Crippen LogP contribution in [0.1, 0.15) is 91.4 Å². The van der Waals surface area contributed by atoms with Gasteiger partial charge in [0.05, 0.1) is 79.3 Å². The molecule has 0 bridgehead atoms. The minimum absolute atomic E-state index is 0.0179. The summed E-state index contributed by atoms with van der Waals surface area (Å²) in [5.74, 6) is -5.32. The second-order valence-corrected chi connectivity index (χ2v) is 22.6. The van der Waals surface area contributed by atoms with Crippen molar-refractivity contribution in [3.8, 4) is 0 Å². The molecule has 3 aliphatic heterocycles. The van der Waals surface area contributed by atoms with Crippen LogP contribution in [0.2, 0.25) is 0 Å². The van der Waals surface area contributed by atoms with E-state index in [1.54, 1.807) is 7.11 Å². The first-order valence-electron chi connectivity index (χ1n) is 31.9. The molecule has 3 rings (SSSR count). The van der Waals surface area contributed by atoms with Gasteiger partial charge >= 0.3 is 0 Å². The van der Waals surface area contributed by atoms with Crippen LogP contribution < -0.4 is 47.9 Å². The number of hydrogen-bond acceptors (Lipinski definition) is 28. The zero-order valence-electron chi connectivity index (χ0n) is 54.4. The van der Waals surface area contributed by atoms with E-state index in [0.717, 1.165) is 25.7 Å². The lowest BCUT2D eigenvalue weighted by molar-refractivity contribution is -0.272. The molecule has 37 nitrogen and oxygen atoms in total. The van der Waals surface area contributed by atoms with Crippen LogP contribution >= 0.6 is 0 Å². The Hall–Kier alpha value is -5.53. The molecule has 548 valence electrons. The van der Waals surface area contributed by atoms with Gasteiger partial charge in [0, 0.05) is 86.4 Å². The summed E-state index contributed by atoms with van der Waals surface area (Å²) in [4.78, 5) is 115. The predicted octanol–water partition coefficient (Wildman–Crippen LogP) is -8.71. The quantitative estimate of drug-likeness (QED) is 0.0252. The summed E-state index contributed by atoms with van der Waals surface area (Å²) in [7, 11) is 1.62. The van der Waals surface area contributed by atoms with Crippen molar-refractivity contribution in [3.63, 3.8) is 0 Å². The highest BCUT2D eigenvalue weighted by atomic mass is 16.7. The zero-order valence-corrected chi connectivity index (χ0v) is 54.4. The second kappa shape index (κ2) is 47.4. The Morgan fingerprint density at radius 1 is 0.379 bits per heavy atom. The van der Waals surface area contributed by atoms with E-state index >= 15 is 0 Å². The van der Waals surface area contributed by atoms with Gasteiger partial charge in [-0.15, -0.1) is 0 Å². The van der Waals surface area contributed by atoms with Gasteiger partial charge in [-0.2, -0.15) is 0 Å². The molecule has 0 aromatic heterocycles. The second-order valence-electron chi connectivity index (χ2n) is 22.6. The zero-order chi connectivity index (χ0) is 70.2. The molecule has 3 aliphatic rings. The molecule has 18 N–H and O–H groups in total. The standard InChI is InChI=1S/C58H103N9O28/c1-33(71)63-45-51(81)48(78)38(30-68)93-56(45)90-27-24-87-21-17-60-42(75)14-12-36(54(84)61-18-22-88-25-28-91-57-46(64-34(2)72)52(82)49(79)39(31-69)94-57)67-44(77)15-13-37(66-43(76)11-9-10-41(74)59-16-7-5-6-8-20-86-4)55(85)62-19-23-89-26-29-92-58-47(65-35(3)73)53(83)50(80)40(32-70)95-58/h36-40,45-53,56-58,68-70,78-83H,5-32H2,1-4H3,(H,59,74)(H,60,75)(H,61,84)(H,62,85)(H,63,71)(H,64,72)(H,65,73)(H,66,76)(H,67,77). The molecular weight excluding hydrogens is 1270 g/mol. The number of aliphatic hydroxyl groups excluding tert-OH is 9. The molecular formula is C58H103N9O28. The summed E-state index contributed by atoms with van der Waals surface area (Å²) >= 11 is 0. The first-order chi connectivity index (χ1) is 45.5. The summed E-state index contributed by atoms with van der Waals surface area (Å²) < 4.78 is 55.2. The van der Waals surface area contributed by atoms with Gasteiger partial charge in [-0.25, -0.2) is 0 Å². The Morgan fingerprint density at radius 2 is 0.716 bits per heavy atom. The van der Waals surface area contributed by atoms with Crippen molar-refractivity contribution in [2.24, 2.45) is 0 Å². The summed E-state index contributed by atoms with van der Waals surface area (Å²) in [6.07, 6.45) is -14.4. The third-order valence-corrected chi connectivity index (χ3v) is 15.0. The minimum Gasteiger partial charge on any atom is -0.394 e. The van der Waals surface area contributed by atoms with Gasteiger partial charge in [0.2, 0.25) is 53.2 Å². The number of aliphatic hydroxyl groups is 9. The summed E-state index contributed by atoms with van der Waals surface area (Å²) in [6, 6.07) is -6.24. The fourth-order valence-corrected chi connectivity index (χ4v) is 9.98. The molecule has 37 heteroatoms. The molecule has 95 heavy (non-hydrogen) atoms. The van der Waals surface area contributed by atoms with Crippen LogP contribution in [0, 0.1) is 0 Å². The highest BCUT2D eigenvalue weighted by Gasteiger charge is 2.48. The van der Waals surface area contributed by atoms with E-state index < -0.39 is 178 Å². The Kier molecular flexibility index (Phi) is 41.8. The number of rotatable bonds is 48. The third-order valence-electron chi connectivity index (χ3n) is 15.0. The first-order valence-corrected chi connectivity index (χ1v) is 31.9. The van der Waals surface area contributed by atoms with Gasteiger partial charge in [0.1, 0.15) is 85.1 Å². The average Bonchev–Trinajstić information content (AvgIpc) is 0.846. The van der Waals surface area contributed by atoms with Crippen LogP contribution in [0.5, 0.6) is 0 Å². The number of hydrogen-bond donors (Lipinski definition) is 18. The van der Waals surface area contributed by atoms with E-state index in [4.69, 9.17) is 47.4 Å². The van der Waals surface area contributed by atoms with Crippen molar-refractivity contribution in [2.45, 2.75) is 195 Å². The maximum atomic E-state index is 13.7. The van der Waals surface area contributed by atoms with Gasteiger partial charge in [-0.05, 0) is 32.1 Å². The van der Waals surface area contributed by atoms with E-state index in [0.29, 0.717) is 13.2 Å². The molecule has 0 aromatic rings. The van der Waals surface area contributed by atoms with Crippen molar-refractivity contribution in [1.29, 1.82) is 0 Å². The lowest BCUT2D eigenvalue weighted by Gasteiger charge is -2.42. The van der Waals surface area contributed by atoms with E-state index in [9.17, 15) is 89.1 Å². The number of unbranched alkanes of at least 4 members (excludes halogenated alkanes) is 3. The molecule has 0 saturated carbocycles. The molecule has 0 spiro atoms. The van der Waals surface area contributed by atoms with E-state index in [1.807, 2.05) is 0 Å². The molecule has 0 aromatic carbocycles. The lowest BCUT2D eigenvalue weighted by atomic mass is 9.97. The average molecular weight is 1370 g/mol. The maximum Gasteiger partial charge on any atom is 0.242 e. The fourth-order valence-electron chi connectivity index (χ4n) is 9.98.